The summed E-state index contributed by atoms with van der Waals surface area (Å²) in [6.45, 7) is 10.9. The maximum atomic E-state index is 6.13. The normalized spacial score (nSPS) is 43.1. The van der Waals surface area contributed by atoms with Crippen molar-refractivity contribution < 1.29 is 19.2 Å². The Balaban J connectivity index is 1.94. The van der Waals surface area contributed by atoms with Gasteiger partial charge in [0.1, 0.15) is 11.4 Å². The summed E-state index contributed by atoms with van der Waals surface area (Å²) in [5.74, 6) is 1.05. The van der Waals surface area contributed by atoms with Gasteiger partial charge in [-0.15, -0.1) is 6.58 Å². The van der Waals surface area contributed by atoms with Gasteiger partial charge in [0.15, 0.2) is 0 Å². The van der Waals surface area contributed by atoms with E-state index in [1.807, 2.05) is 6.08 Å². The van der Waals surface area contributed by atoms with Crippen molar-refractivity contribution in [1.82, 2.24) is 0 Å². The monoisotopic (exact) mass is 266 g/mol. The second-order valence-electron chi connectivity index (χ2n) is 6.49. The van der Waals surface area contributed by atoms with Gasteiger partial charge in [0.25, 0.3) is 0 Å². The molecule has 4 nitrogen and oxygen atoms in total. The van der Waals surface area contributed by atoms with Gasteiger partial charge in [-0.05, 0) is 25.2 Å². The molecule has 2 heterocycles. The van der Waals surface area contributed by atoms with Gasteiger partial charge in [-0.3, -0.25) is 0 Å². The van der Waals surface area contributed by atoms with E-state index < -0.39 is 11.9 Å². The molecule has 4 atom stereocenters. The molecule has 0 aromatic heterocycles. The molecule has 2 aliphatic heterocycles. The third-order valence-corrected chi connectivity index (χ3v) is 4.65. The lowest BCUT2D eigenvalue weighted by Gasteiger charge is -2.53. The van der Waals surface area contributed by atoms with E-state index >= 15 is 0 Å². The topological polar surface area (TPSA) is 36.9 Å². The molecular weight excluding hydrogens is 244 g/mol. The molecule has 1 saturated carbocycles. The third-order valence-electron chi connectivity index (χ3n) is 4.65. The van der Waals surface area contributed by atoms with E-state index in [1.165, 1.54) is 0 Å². The van der Waals surface area contributed by atoms with Crippen molar-refractivity contribution in [2.24, 2.45) is 11.3 Å². The highest BCUT2D eigenvalue weighted by molar-refractivity contribution is 5.20. The highest BCUT2D eigenvalue weighted by Crippen LogP contribution is 2.56. The summed E-state index contributed by atoms with van der Waals surface area (Å²) in [6, 6.07) is 0. The Morgan fingerprint density at radius 1 is 1.47 bits per heavy atom. The van der Waals surface area contributed by atoms with Gasteiger partial charge in [-0.25, -0.2) is 0 Å². The summed E-state index contributed by atoms with van der Waals surface area (Å²) in [4.78, 5) is 10.5. The highest BCUT2D eigenvalue weighted by atomic mass is 17.2. The van der Waals surface area contributed by atoms with Crippen LogP contribution in [0.15, 0.2) is 24.5 Å². The predicted molar refractivity (Wildman–Crippen MR) is 70.0 cm³/mol. The first-order valence-corrected chi connectivity index (χ1v) is 6.93. The smallest absolute Gasteiger partial charge is 0.226 e. The Bertz CT molecular complexity index is 414. The van der Waals surface area contributed by atoms with E-state index in [2.05, 4.69) is 27.4 Å². The maximum Gasteiger partial charge on any atom is 0.226 e. The van der Waals surface area contributed by atoms with Crippen LogP contribution in [0.5, 0.6) is 0 Å². The molecule has 19 heavy (non-hydrogen) atoms. The van der Waals surface area contributed by atoms with Crippen LogP contribution in [0.2, 0.25) is 0 Å². The van der Waals surface area contributed by atoms with Crippen LogP contribution in [0.1, 0.15) is 33.6 Å². The summed E-state index contributed by atoms with van der Waals surface area (Å²) in [5.41, 5.74) is -0.302. The standard InChI is InChI=1S/C15H22O4/c1-5-8-16-11-6-7-14(2,3)13-10-9-12(19-18-10)17-15(11,13)4/h5,9,11-13H,1,6-8H2,2-4H3/t11-,12+,13?,15-/m0/s1. The molecule has 0 spiro atoms. The van der Waals surface area contributed by atoms with Crippen molar-refractivity contribution >= 4 is 0 Å². The van der Waals surface area contributed by atoms with Gasteiger partial charge in [0, 0.05) is 6.08 Å². The second kappa shape index (κ2) is 4.33. The van der Waals surface area contributed by atoms with E-state index in [1.54, 1.807) is 6.08 Å². The molecule has 1 aliphatic carbocycles. The fraction of sp³-hybridized carbons (Fsp3) is 0.733. The number of hydrogen-bond donors (Lipinski definition) is 0. The van der Waals surface area contributed by atoms with Gasteiger partial charge >= 0.3 is 0 Å². The number of rotatable bonds is 3. The molecule has 1 fully saturated rings. The van der Waals surface area contributed by atoms with Gasteiger partial charge in [0.2, 0.25) is 6.29 Å². The van der Waals surface area contributed by atoms with Gasteiger partial charge in [0.05, 0.1) is 18.6 Å². The Morgan fingerprint density at radius 3 is 3.00 bits per heavy atom. The fourth-order valence-corrected chi connectivity index (χ4v) is 3.88. The molecule has 0 N–H and O–H groups in total. The zero-order valence-corrected chi connectivity index (χ0v) is 11.8. The number of hydrogen-bond acceptors (Lipinski definition) is 4. The minimum atomic E-state index is -0.407. The van der Waals surface area contributed by atoms with Crippen molar-refractivity contribution in [2.45, 2.75) is 51.6 Å². The van der Waals surface area contributed by atoms with Crippen molar-refractivity contribution in [3.8, 4) is 0 Å². The zero-order chi connectivity index (χ0) is 13.7. The minimum absolute atomic E-state index is 0.0417. The SMILES string of the molecule is C=CCO[C@H]1CCC(C)(C)C2C3=C[C@@H](OO3)O[C@]21C. The Kier molecular flexibility index (Phi) is 3.00. The first-order chi connectivity index (χ1) is 8.97. The van der Waals surface area contributed by atoms with Crippen LogP contribution in [-0.4, -0.2) is 24.6 Å². The largest absolute Gasteiger partial charge is 0.371 e. The average Bonchev–Trinajstić information content (AvgIpc) is 2.69. The van der Waals surface area contributed by atoms with Crippen LogP contribution in [0, 0.1) is 11.3 Å². The molecule has 0 aromatic carbocycles. The van der Waals surface area contributed by atoms with Gasteiger partial charge in [-0.1, -0.05) is 19.9 Å². The summed E-state index contributed by atoms with van der Waals surface area (Å²) >= 11 is 0. The zero-order valence-electron chi connectivity index (χ0n) is 11.8. The summed E-state index contributed by atoms with van der Waals surface area (Å²) in [7, 11) is 0. The van der Waals surface area contributed by atoms with Crippen LogP contribution in [-0.2, 0) is 19.2 Å². The third kappa shape index (κ3) is 1.93. The fourth-order valence-electron chi connectivity index (χ4n) is 3.88. The van der Waals surface area contributed by atoms with E-state index in [0.717, 1.165) is 18.6 Å². The van der Waals surface area contributed by atoms with E-state index in [0.29, 0.717) is 6.61 Å². The lowest BCUT2D eigenvalue weighted by molar-refractivity contribution is -0.328. The summed E-state index contributed by atoms with van der Waals surface area (Å²) in [5, 5.41) is 0. The van der Waals surface area contributed by atoms with Crippen molar-refractivity contribution in [1.29, 1.82) is 0 Å². The lowest BCUT2D eigenvalue weighted by Crippen LogP contribution is -2.60. The minimum Gasteiger partial charge on any atom is -0.371 e. The van der Waals surface area contributed by atoms with Crippen LogP contribution in [0.4, 0.5) is 0 Å². The molecule has 0 amide bonds. The van der Waals surface area contributed by atoms with E-state index in [9.17, 15) is 0 Å². The van der Waals surface area contributed by atoms with Crippen LogP contribution in [0.3, 0.4) is 0 Å². The van der Waals surface area contributed by atoms with Crippen LogP contribution in [0.25, 0.3) is 0 Å². The Labute approximate surface area is 114 Å². The predicted octanol–water partition coefficient (Wildman–Crippen LogP) is 2.95. The molecule has 0 saturated heterocycles. The van der Waals surface area contributed by atoms with Crippen LogP contribution >= 0.6 is 0 Å². The van der Waals surface area contributed by atoms with Crippen LogP contribution < -0.4 is 0 Å². The average molecular weight is 266 g/mol. The van der Waals surface area contributed by atoms with E-state index in [-0.39, 0.29) is 17.4 Å². The Hall–Kier alpha value is -0.840. The molecule has 1 unspecified atom stereocenters. The quantitative estimate of drug-likeness (QED) is 0.581. The molecule has 3 rings (SSSR count). The summed E-state index contributed by atoms with van der Waals surface area (Å²) < 4.78 is 12.1. The molecule has 0 radical (unpaired) electrons. The lowest BCUT2D eigenvalue weighted by atomic mass is 9.59. The molecule has 106 valence electrons. The number of fused-ring (bicyclic) bond motifs is 3. The first-order valence-electron chi connectivity index (χ1n) is 6.93. The van der Waals surface area contributed by atoms with Gasteiger partial charge < -0.3 is 14.4 Å². The molecule has 2 bridgehead atoms. The summed E-state index contributed by atoms with van der Waals surface area (Å²) in [6.07, 6.45) is 5.41. The maximum absolute atomic E-state index is 6.13. The second-order valence-corrected chi connectivity index (χ2v) is 6.49. The Morgan fingerprint density at radius 2 is 2.26 bits per heavy atom. The van der Waals surface area contributed by atoms with Crippen molar-refractivity contribution in [2.75, 3.05) is 6.61 Å². The van der Waals surface area contributed by atoms with Gasteiger partial charge in [-0.2, -0.15) is 4.89 Å². The van der Waals surface area contributed by atoms with Crippen molar-refractivity contribution in [3.63, 3.8) is 0 Å². The molecule has 3 aliphatic rings. The first kappa shape index (κ1) is 13.2. The highest BCUT2D eigenvalue weighted by Gasteiger charge is 2.60. The van der Waals surface area contributed by atoms with Crippen molar-refractivity contribution in [3.05, 3.63) is 24.5 Å². The molecular formula is C15H22O4. The molecule has 0 aromatic rings. The van der Waals surface area contributed by atoms with E-state index in [4.69, 9.17) is 19.2 Å². The molecule has 4 heteroatoms. The number of ether oxygens (including phenoxy) is 2.